The van der Waals surface area contributed by atoms with Crippen molar-refractivity contribution in [1.29, 1.82) is 0 Å². The molecule has 0 spiro atoms. The first-order chi connectivity index (χ1) is 7.72. The third-order valence-corrected chi connectivity index (χ3v) is 3.42. The molecule has 1 atom stereocenters. The molecule has 1 aliphatic rings. The van der Waals surface area contributed by atoms with Crippen molar-refractivity contribution in [2.45, 2.75) is 51.9 Å². The smallest absolute Gasteiger partial charge is 0.303 e. The maximum atomic E-state index is 10.4. The largest absolute Gasteiger partial charge is 0.481 e. The molecule has 1 fully saturated rings. The summed E-state index contributed by atoms with van der Waals surface area (Å²) < 4.78 is 0. The lowest BCUT2D eigenvalue weighted by molar-refractivity contribution is -0.137. The van der Waals surface area contributed by atoms with E-state index in [0.717, 1.165) is 25.3 Å². The van der Waals surface area contributed by atoms with E-state index in [1.54, 1.807) is 0 Å². The Balaban J connectivity index is 2.09. The van der Waals surface area contributed by atoms with Gasteiger partial charge in [-0.2, -0.15) is 0 Å². The zero-order valence-electron chi connectivity index (χ0n) is 10.5. The highest BCUT2D eigenvalue weighted by Crippen LogP contribution is 2.20. The van der Waals surface area contributed by atoms with Crippen LogP contribution in [-0.2, 0) is 4.79 Å². The van der Waals surface area contributed by atoms with Crippen LogP contribution in [0.25, 0.3) is 0 Å². The number of carboxylic acids is 1. The summed E-state index contributed by atoms with van der Waals surface area (Å²) in [5.74, 6) is 0.223. The molecular weight excluding hydrogens is 202 g/mol. The summed E-state index contributed by atoms with van der Waals surface area (Å²) in [7, 11) is 0. The predicted molar refractivity (Wildman–Crippen MR) is 65.6 cm³/mol. The Kier molecular flexibility index (Phi) is 6.46. The maximum absolute atomic E-state index is 10.4. The number of carbonyl (C=O) groups is 1. The average molecular weight is 227 g/mol. The van der Waals surface area contributed by atoms with E-state index in [2.05, 4.69) is 11.8 Å². The van der Waals surface area contributed by atoms with Crippen molar-refractivity contribution in [3.63, 3.8) is 0 Å². The molecule has 0 radical (unpaired) electrons. The minimum Gasteiger partial charge on any atom is -0.481 e. The monoisotopic (exact) mass is 227 g/mol. The van der Waals surface area contributed by atoms with Crippen molar-refractivity contribution in [1.82, 2.24) is 4.90 Å². The van der Waals surface area contributed by atoms with Gasteiger partial charge in [0.25, 0.3) is 0 Å². The minimum absolute atomic E-state index is 0.326. The lowest BCUT2D eigenvalue weighted by atomic mass is 9.93. The van der Waals surface area contributed by atoms with E-state index >= 15 is 0 Å². The van der Waals surface area contributed by atoms with Crippen molar-refractivity contribution in [3.8, 4) is 0 Å². The van der Waals surface area contributed by atoms with Crippen LogP contribution in [0.4, 0.5) is 0 Å². The number of likely N-dealkylation sites (tertiary alicyclic amines) is 1. The van der Waals surface area contributed by atoms with Gasteiger partial charge < -0.3 is 10.0 Å². The standard InChI is InChI=1S/C13H25NO2/c1-2-6-12-7-5-10-14(11-12)9-4-3-8-13(15)16/h12H,2-11H2,1H3,(H,15,16). The van der Waals surface area contributed by atoms with E-state index in [1.807, 2.05) is 0 Å². The summed E-state index contributed by atoms with van der Waals surface area (Å²) in [6, 6.07) is 0. The van der Waals surface area contributed by atoms with Crippen molar-refractivity contribution >= 4 is 5.97 Å². The van der Waals surface area contributed by atoms with Crippen molar-refractivity contribution in [2.75, 3.05) is 19.6 Å². The molecule has 1 aliphatic heterocycles. The molecular formula is C13H25NO2. The number of rotatable bonds is 7. The molecule has 1 heterocycles. The zero-order chi connectivity index (χ0) is 11.8. The Labute approximate surface area is 98.8 Å². The van der Waals surface area contributed by atoms with E-state index in [0.29, 0.717) is 6.42 Å². The molecule has 1 unspecified atom stereocenters. The lowest BCUT2D eigenvalue weighted by Gasteiger charge is -2.32. The Morgan fingerprint density at radius 3 is 2.94 bits per heavy atom. The molecule has 3 nitrogen and oxygen atoms in total. The van der Waals surface area contributed by atoms with E-state index in [-0.39, 0.29) is 0 Å². The summed E-state index contributed by atoms with van der Waals surface area (Å²) in [6.45, 7) is 5.80. The van der Waals surface area contributed by atoms with Crippen molar-refractivity contribution < 1.29 is 9.90 Å². The van der Waals surface area contributed by atoms with Crippen LogP contribution in [0.2, 0.25) is 0 Å². The minimum atomic E-state index is -0.664. The fourth-order valence-corrected chi connectivity index (χ4v) is 2.61. The van der Waals surface area contributed by atoms with Gasteiger partial charge in [-0.1, -0.05) is 13.3 Å². The molecule has 0 saturated carbocycles. The van der Waals surface area contributed by atoms with Crippen LogP contribution >= 0.6 is 0 Å². The number of unbranched alkanes of at least 4 members (excludes halogenated alkanes) is 1. The average Bonchev–Trinajstić information content (AvgIpc) is 2.25. The van der Waals surface area contributed by atoms with Gasteiger partial charge in [-0.15, -0.1) is 0 Å². The van der Waals surface area contributed by atoms with Crippen LogP contribution in [0.15, 0.2) is 0 Å². The fraction of sp³-hybridized carbons (Fsp3) is 0.923. The summed E-state index contributed by atoms with van der Waals surface area (Å²) in [5.41, 5.74) is 0. The Morgan fingerprint density at radius 1 is 1.44 bits per heavy atom. The first kappa shape index (κ1) is 13.5. The van der Waals surface area contributed by atoms with Gasteiger partial charge in [0, 0.05) is 13.0 Å². The SMILES string of the molecule is CCCC1CCCN(CCCCC(=O)O)C1. The maximum Gasteiger partial charge on any atom is 0.303 e. The van der Waals surface area contributed by atoms with E-state index < -0.39 is 5.97 Å². The highest BCUT2D eigenvalue weighted by Gasteiger charge is 2.18. The van der Waals surface area contributed by atoms with Crippen LogP contribution in [0, 0.1) is 5.92 Å². The van der Waals surface area contributed by atoms with Crippen LogP contribution in [-0.4, -0.2) is 35.6 Å². The Morgan fingerprint density at radius 2 is 2.25 bits per heavy atom. The first-order valence-electron chi connectivity index (χ1n) is 6.66. The van der Waals surface area contributed by atoms with Crippen molar-refractivity contribution in [3.05, 3.63) is 0 Å². The molecule has 0 amide bonds. The highest BCUT2D eigenvalue weighted by atomic mass is 16.4. The molecule has 16 heavy (non-hydrogen) atoms. The van der Waals surface area contributed by atoms with Gasteiger partial charge in [0.1, 0.15) is 0 Å². The quantitative estimate of drug-likeness (QED) is 0.680. The summed E-state index contributed by atoms with van der Waals surface area (Å²) in [4.78, 5) is 12.9. The third kappa shape index (κ3) is 5.50. The molecule has 0 aromatic carbocycles. The van der Waals surface area contributed by atoms with Gasteiger partial charge in [-0.05, 0) is 51.1 Å². The van der Waals surface area contributed by atoms with E-state index in [4.69, 9.17) is 5.11 Å². The van der Waals surface area contributed by atoms with Gasteiger partial charge in [-0.3, -0.25) is 4.79 Å². The van der Waals surface area contributed by atoms with Crippen LogP contribution in [0.1, 0.15) is 51.9 Å². The molecule has 1 N–H and O–H groups in total. The normalized spacial score (nSPS) is 22.2. The molecule has 3 heteroatoms. The van der Waals surface area contributed by atoms with Gasteiger partial charge in [0.2, 0.25) is 0 Å². The summed E-state index contributed by atoms with van der Waals surface area (Å²) >= 11 is 0. The number of hydrogen-bond acceptors (Lipinski definition) is 2. The summed E-state index contributed by atoms with van der Waals surface area (Å²) in [5, 5.41) is 8.55. The Bertz CT molecular complexity index is 204. The summed E-state index contributed by atoms with van der Waals surface area (Å²) in [6.07, 6.45) is 7.54. The van der Waals surface area contributed by atoms with E-state index in [9.17, 15) is 4.79 Å². The molecule has 0 aromatic heterocycles. The zero-order valence-corrected chi connectivity index (χ0v) is 10.5. The number of hydrogen-bond donors (Lipinski definition) is 1. The molecule has 0 bridgehead atoms. The van der Waals surface area contributed by atoms with Crippen LogP contribution < -0.4 is 0 Å². The van der Waals surface area contributed by atoms with Crippen LogP contribution in [0.5, 0.6) is 0 Å². The first-order valence-corrected chi connectivity index (χ1v) is 6.66. The Hall–Kier alpha value is -0.570. The number of nitrogens with zero attached hydrogens (tertiary/aromatic N) is 1. The second-order valence-electron chi connectivity index (χ2n) is 4.95. The second-order valence-corrected chi connectivity index (χ2v) is 4.95. The number of piperidine rings is 1. The molecule has 1 saturated heterocycles. The number of carboxylic acid groups (broad SMARTS) is 1. The third-order valence-electron chi connectivity index (χ3n) is 3.42. The van der Waals surface area contributed by atoms with Gasteiger partial charge in [-0.25, -0.2) is 0 Å². The second kappa shape index (κ2) is 7.66. The molecule has 1 rings (SSSR count). The van der Waals surface area contributed by atoms with Crippen LogP contribution in [0.3, 0.4) is 0 Å². The van der Waals surface area contributed by atoms with Crippen molar-refractivity contribution in [2.24, 2.45) is 5.92 Å². The molecule has 94 valence electrons. The number of aliphatic carboxylic acids is 1. The topological polar surface area (TPSA) is 40.5 Å². The lowest BCUT2D eigenvalue weighted by Crippen LogP contribution is -2.36. The molecule has 0 aliphatic carbocycles. The fourth-order valence-electron chi connectivity index (χ4n) is 2.61. The predicted octanol–water partition coefficient (Wildman–Crippen LogP) is 2.75. The highest BCUT2D eigenvalue weighted by molar-refractivity contribution is 5.66. The van der Waals surface area contributed by atoms with Gasteiger partial charge in [0.15, 0.2) is 0 Å². The van der Waals surface area contributed by atoms with E-state index in [1.165, 1.54) is 38.8 Å². The molecule has 0 aromatic rings. The van der Waals surface area contributed by atoms with Gasteiger partial charge in [0.05, 0.1) is 0 Å². The van der Waals surface area contributed by atoms with Gasteiger partial charge >= 0.3 is 5.97 Å².